The fourth-order valence-corrected chi connectivity index (χ4v) is 6.90. The minimum absolute atomic E-state index is 0.715. The average molecular weight is 232 g/mol. The molecule has 0 heterocycles. The summed E-state index contributed by atoms with van der Waals surface area (Å²) in [6.45, 7) is 7.95. The molecule has 17 heavy (non-hydrogen) atoms. The average Bonchev–Trinajstić information content (AvgIpc) is 2.40. The Morgan fingerprint density at radius 2 is 1.53 bits per heavy atom. The first kappa shape index (κ1) is 10.9. The van der Waals surface area contributed by atoms with Crippen LogP contribution in [0.3, 0.4) is 0 Å². The third kappa shape index (κ3) is 1.04. The minimum Gasteiger partial charge on any atom is -0.0594 e. The van der Waals surface area contributed by atoms with Gasteiger partial charge in [-0.2, -0.15) is 0 Å². The lowest BCUT2D eigenvalue weighted by Gasteiger charge is -2.70. The molecular formula is C17H28. The second kappa shape index (κ2) is 2.94. The summed E-state index contributed by atoms with van der Waals surface area (Å²) in [6, 6.07) is 0. The van der Waals surface area contributed by atoms with E-state index in [-0.39, 0.29) is 0 Å². The molecule has 0 nitrogen and oxygen atoms in total. The van der Waals surface area contributed by atoms with E-state index in [2.05, 4.69) is 20.8 Å². The topological polar surface area (TPSA) is 0 Å². The Morgan fingerprint density at radius 3 is 2.35 bits per heavy atom. The first-order valence-corrected chi connectivity index (χ1v) is 8.00. The van der Waals surface area contributed by atoms with E-state index in [1.54, 1.807) is 19.3 Å². The fourth-order valence-electron chi connectivity index (χ4n) is 6.90. The van der Waals surface area contributed by atoms with Crippen molar-refractivity contribution in [1.82, 2.24) is 0 Å². The SMILES string of the molecule is CC12CCCC3(C)C4CCC1CC4C3(C)CC2. The smallest absolute Gasteiger partial charge is 0.0238 e. The second-order valence-corrected chi connectivity index (χ2v) is 8.57. The van der Waals surface area contributed by atoms with Crippen LogP contribution in [0.4, 0.5) is 0 Å². The third-order valence-corrected chi connectivity index (χ3v) is 8.44. The van der Waals surface area contributed by atoms with E-state index < -0.39 is 0 Å². The maximum absolute atomic E-state index is 2.66. The quantitative estimate of drug-likeness (QED) is 0.549. The van der Waals surface area contributed by atoms with E-state index in [0.29, 0.717) is 16.2 Å². The lowest BCUT2D eigenvalue weighted by atomic mass is 9.35. The largest absolute Gasteiger partial charge is 0.0594 e. The molecule has 4 bridgehead atoms. The van der Waals surface area contributed by atoms with Crippen molar-refractivity contribution in [2.45, 2.75) is 72.1 Å². The van der Waals surface area contributed by atoms with Crippen LogP contribution in [0.25, 0.3) is 0 Å². The Kier molecular flexibility index (Phi) is 1.88. The molecule has 0 aliphatic heterocycles. The van der Waals surface area contributed by atoms with E-state index in [9.17, 15) is 0 Å². The Labute approximate surface area is 107 Å². The molecule has 4 fully saturated rings. The third-order valence-electron chi connectivity index (χ3n) is 8.44. The summed E-state index contributed by atoms with van der Waals surface area (Å²) in [6.07, 6.45) is 12.4. The molecule has 0 amide bonds. The summed E-state index contributed by atoms with van der Waals surface area (Å²) in [5.74, 6) is 3.28. The van der Waals surface area contributed by atoms with Crippen LogP contribution in [0.2, 0.25) is 0 Å². The molecule has 4 saturated carbocycles. The molecule has 4 rings (SSSR count). The summed E-state index contributed by atoms with van der Waals surface area (Å²) >= 11 is 0. The number of hydrogen-bond acceptors (Lipinski definition) is 0. The van der Waals surface area contributed by atoms with Crippen molar-refractivity contribution in [2.24, 2.45) is 34.0 Å². The molecule has 0 heteroatoms. The predicted octanol–water partition coefficient (Wildman–Crippen LogP) is 5.03. The van der Waals surface area contributed by atoms with Gasteiger partial charge in [-0.05, 0) is 78.9 Å². The fraction of sp³-hybridized carbons (Fsp3) is 1.00. The molecule has 0 aromatic carbocycles. The number of rotatable bonds is 0. The van der Waals surface area contributed by atoms with Gasteiger partial charge in [0.25, 0.3) is 0 Å². The van der Waals surface area contributed by atoms with Gasteiger partial charge in [0.05, 0.1) is 0 Å². The summed E-state index contributed by atoms with van der Waals surface area (Å²) < 4.78 is 0. The van der Waals surface area contributed by atoms with Crippen LogP contribution in [0.15, 0.2) is 0 Å². The van der Waals surface area contributed by atoms with Gasteiger partial charge in [0.2, 0.25) is 0 Å². The molecule has 4 aliphatic rings. The van der Waals surface area contributed by atoms with Crippen LogP contribution >= 0.6 is 0 Å². The van der Waals surface area contributed by atoms with Crippen LogP contribution in [0.1, 0.15) is 72.1 Å². The van der Waals surface area contributed by atoms with Gasteiger partial charge in [0.1, 0.15) is 0 Å². The van der Waals surface area contributed by atoms with Crippen molar-refractivity contribution < 1.29 is 0 Å². The molecule has 0 radical (unpaired) electrons. The second-order valence-electron chi connectivity index (χ2n) is 8.57. The zero-order valence-electron chi connectivity index (χ0n) is 11.9. The molecule has 6 atom stereocenters. The lowest BCUT2D eigenvalue weighted by molar-refractivity contribution is -0.214. The van der Waals surface area contributed by atoms with Crippen LogP contribution in [-0.2, 0) is 0 Å². The number of hydrogen-bond donors (Lipinski definition) is 0. The van der Waals surface area contributed by atoms with Crippen molar-refractivity contribution in [1.29, 1.82) is 0 Å². The summed E-state index contributed by atoms with van der Waals surface area (Å²) in [5.41, 5.74) is 2.15. The highest BCUT2D eigenvalue weighted by Crippen LogP contribution is 2.77. The Hall–Kier alpha value is 0. The Balaban J connectivity index is 1.85. The van der Waals surface area contributed by atoms with Gasteiger partial charge in [-0.3, -0.25) is 0 Å². The van der Waals surface area contributed by atoms with Crippen LogP contribution in [-0.4, -0.2) is 0 Å². The van der Waals surface area contributed by atoms with Gasteiger partial charge in [-0.1, -0.05) is 27.2 Å². The molecule has 6 unspecified atom stereocenters. The standard InChI is InChI=1S/C17H28/c1-15-7-4-8-16(2)13-6-5-12(15)11-14(13)17(16,3)10-9-15/h12-14H,4-11H2,1-3H3. The monoisotopic (exact) mass is 232 g/mol. The van der Waals surface area contributed by atoms with Gasteiger partial charge in [-0.15, -0.1) is 0 Å². The molecule has 0 N–H and O–H groups in total. The van der Waals surface area contributed by atoms with Crippen molar-refractivity contribution >= 4 is 0 Å². The highest BCUT2D eigenvalue weighted by atomic mass is 14.7. The van der Waals surface area contributed by atoms with Crippen molar-refractivity contribution in [3.63, 3.8) is 0 Å². The first-order chi connectivity index (χ1) is 8.00. The predicted molar refractivity (Wildman–Crippen MR) is 71.7 cm³/mol. The minimum atomic E-state index is 0.715. The maximum atomic E-state index is 2.66. The molecule has 0 aromatic heterocycles. The van der Waals surface area contributed by atoms with Gasteiger partial charge in [0.15, 0.2) is 0 Å². The highest BCUT2D eigenvalue weighted by molar-refractivity contribution is 5.18. The molecule has 0 aromatic rings. The van der Waals surface area contributed by atoms with Gasteiger partial charge in [0, 0.05) is 0 Å². The molecule has 4 aliphatic carbocycles. The van der Waals surface area contributed by atoms with Crippen LogP contribution in [0, 0.1) is 34.0 Å². The van der Waals surface area contributed by atoms with Crippen molar-refractivity contribution in [3.8, 4) is 0 Å². The molecule has 0 spiro atoms. The van der Waals surface area contributed by atoms with E-state index in [1.165, 1.54) is 32.1 Å². The summed E-state index contributed by atoms with van der Waals surface area (Å²) in [4.78, 5) is 0. The Bertz CT molecular complexity index is 359. The van der Waals surface area contributed by atoms with Gasteiger partial charge >= 0.3 is 0 Å². The van der Waals surface area contributed by atoms with E-state index in [0.717, 1.165) is 17.8 Å². The first-order valence-electron chi connectivity index (χ1n) is 8.00. The summed E-state index contributed by atoms with van der Waals surface area (Å²) in [7, 11) is 0. The molecule has 96 valence electrons. The molecular weight excluding hydrogens is 204 g/mol. The highest BCUT2D eigenvalue weighted by Gasteiger charge is 2.69. The zero-order valence-corrected chi connectivity index (χ0v) is 11.9. The van der Waals surface area contributed by atoms with Gasteiger partial charge in [-0.25, -0.2) is 0 Å². The van der Waals surface area contributed by atoms with Crippen LogP contribution in [0.5, 0.6) is 0 Å². The maximum Gasteiger partial charge on any atom is -0.0238 e. The van der Waals surface area contributed by atoms with Crippen molar-refractivity contribution in [3.05, 3.63) is 0 Å². The Morgan fingerprint density at radius 1 is 0.765 bits per heavy atom. The number of fused-ring (bicyclic) bond motifs is 5. The molecule has 0 saturated heterocycles. The zero-order chi connectivity index (χ0) is 11.9. The van der Waals surface area contributed by atoms with E-state index >= 15 is 0 Å². The van der Waals surface area contributed by atoms with Gasteiger partial charge < -0.3 is 0 Å². The normalized spacial score (nSPS) is 64.8. The lowest BCUT2D eigenvalue weighted by Crippen LogP contribution is -2.63. The van der Waals surface area contributed by atoms with Crippen LogP contribution < -0.4 is 0 Å². The van der Waals surface area contributed by atoms with E-state index in [1.807, 2.05) is 0 Å². The summed E-state index contributed by atoms with van der Waals surface area (Å²) in [5, 5.41) is 0. The van der Waals surface area contributed by atoms with Crippen molar-refractivity contribution in [2.75, 3.05) is 0 Å². The van der Waals surface area contributed by atoms with E-state index in [4.69, 9.17) is 0 Å².